The summed E-state index contributed by atoms with van der Waals surface area (Å²) < 4.78 is 18.7. The van der Waals surface area contributed by atoms with Crippen LogP contribution in [-0.2, 0) is 4.74 Å². The quantitative estimate of drug-likeness (QED) is 0.787. The minimum atomic E-state index is -0.259. The Morgan fingerprint density at radius 3 is 2.53 bits per heavy atom. The molecule has 0 spiro atoms. The van der Waals surface area contributed by atoms with Crippen LogP contribution in [0.5, 0.6) is 0 Å². The molecule has 0 saturated heterocycles. The van der Waals surface area contributed by atoms with Crippen LogP contribution in [-0.4, -0.2) is 37.7 Å². The minimum Gasteiger partial charge on any atom is -0.383 e. The molecule has 19 heavy (non-hydrogen) atoms. The zero-order chi connectivity index (χ0) is 14.3. The van der Waals surface area contributed by atoms with E-state index in [1.165, 1.54) is 6.07 Å². The molecule has 0 amide bonds. The Bertz CT molecular complexity index is 371. The van der Waals surface area contributed by atoms with Crippen LogP contribution in [0.2, 0.25) is 0 Å². The first-order valence-corrected chi connectivity index (χ1v) is 6.79. The van der Waals surface area contributed by atoms with Crippen LogP contribution >= 0.6 is 0 Å². The first-order chi connectivity index (χ1) is 9.06. The molecule has 1 aromatic rings. The molecule has 1 aromatic carbocycles. The molecule has 0 fully saturated rings. The number of hydrogen-bond donors (Lipinski definition) is 1. The van der Waals surface area contributed by atoms with Crippen molar-refractivity contribution < 1.29 is 9.13 Å². The van der Waals surface area contributed by atoms with Crippen molar-refractivity contribution in [3.63, 3.8) is 0 Å². The van der Waals surface area contributed by atoms with E-state index in [-0.39, 0.29) is 11.9 Å². The molecule has 1 unspecified atom stereocenters. The minimum absolute atomic E-state index is 0.219. The molecule has 1 rings (SSSR count). The van der Waals surface area contributed by atoms with Gasteiger partial charge >= 0.3 is 0 Å². The molecule has 0 aromatic heterocycles. The Balaban J connectivity index is 2.52. The molecule has 0 heterocycles. The lowest BCUT2D eigenvalue weighted by Crippen LogP contribution is -2.36. The summed E-state index contributed by atoms with van der Waals surface area (Å²) >= 11 is 0. The lowest BCUT2D eigenvalue weighted by molar-refractivity contribution is 0.127. The third-order valence-electron chi connectivity index (χ3n) is 3.34. The smallest absolute Gasteiger partial charge is 0.127 e. The molecule has 4 heteroatoms. The van der Waals surface area contributed by atoms with Gasteiger partial charge in [0.25, 0.3) is 0 Å². The van der Waals surface area contributed by atoms with Crippen LogP contribution in [0.25, 0.3) is 0 Å². The van der Waals surface area contributed by atoms with Crippen molar-refractivity contribution >= 4 is 0 Å². The summed E-state index contributed by atoms with van der Waals surface area (Å²) in [4.78, 5) is 2.30. The van der Waals surface area contributed by atoms with E-state index in [0.717, 1.165) is 19.5 Å². The summed E-state index contributed by atoms with van der Waals surface area (Å²) in [5.41, 5.74) is 6.67. The first-order valence-electron chi connectivity index (χ1n) is 6.79. The van der Waals surface area contributed by atoms with Crippen molar-refractivity contribution in [1.82, 2.24) is 4.90 Å². The second kappa shape index (κ2) is 8.25. The maximum absolute atomic E-state index is 13.6. The number of hydrogen-bond acceptors (Lipinski definition) is 3. The molecule has 2 N–H and O–H groups in total. The van der Waals surface area contributed by atoms with Crippen molar-refractivity contribution in [3.8, 4) is 0 Å². The molecule has 0 aliphatic carbocycles. The van der Waals surface area contributed by atoms with E-state index in [9.17, 15) is 4.39 Å². The highest BCUT2D eigenvalue weighted by molar-refractivity contribution is 5.20. The molecular formula is C15H25FN2O. The summed E-state index contributed by atoms with van der Waals surface area (Å²) in [5.74, 6) is -0.219. The molecule has 0 radical (unpaired) electrons. The number of halogens is 1. The highest BCUT2D eigenvalue weighted by Crippen LogP contribution is 2.18. The van der Waals surface area contributed by atoms with E-state index < -0.39 is 0 Å². The number of methoxy groups -OCH3 is 1. The van der Waals surface area contributed by atoms with Crippen LogP contribution in [0.4, 0.5) is 4.39 Å². The van der Waals surface area contributed by atoms with Crippen molar-refractivity contribution in [3.05, 3.63) is 35.6 Å². The van der Waals surface area contributed by atoms with Gasteiger partial charge in [-0.25, -0.2) is 4.39 Å². The van der Waals surface area contributed by atoms with Gasteiger partial charge < -0.3 is 10.5 Å². The second-order valence-electron chi connectivity index (χ2n) is 5.04. The molecule has 108 valence electrons. The Morgan fingerprint density at radius 1 is 1.26 bits per heavy atom. The third-order valence-corrected chi connectivity index (χ3v) is 3.34. The molecule has 3 nitrogen and oxygen atoms in total. The van der Waals surface area contributed by atoms with Crippen LogP contribution in [0, 0.1) is 5.82 Å². The van der Waals surface area contributed by atoms with E-state index in [0.29, 0.717) is 18.2 Å². The number of benzene rings is 1. The van der Waals surface area contributed by atoms with Gasteiger partial charge in [-0.2, -0.15) is 0 Å². The molecular weight excluding hydrogens is 243 g/mol. The number of nitrogens with two attached hydrogens (primary N) is 1. The van der Waals surface area contributed by atoms with Gasteiger partial charge in [-0.1, -0.05) is 18.2 Å². The Kier molecular flexibility index (Phi) is 6.99. The van der Waals surface area contributed by atoms with Crippen LogP contribution in [0.15, 0.2) is 24.3 Å². The average molecular weight is 268 g/mol. The Morgan fingerprint density at radius 2 is 1.95 bits per heavy atom. The zero-order valence-electron chi connectivity index (χ0n) is 12.1. The van der Waals surface area contributed by atoms with Gasteiger partial charge in [0.05, 0.1) is 6.61 Å². The fourth-order valence-electron chi connectivity index (χ4n) is 2.07. The lowest BCUT2D eigenvalue weighted by atomic mass is 10.0. The highest BCUT2D eigenvalue weighted by Gasteiger charge is 2.14. The van der Waals surface area contributed by atoms with Crippen molar-refractivity contribution in [2.24, 2.45) is 5.73 Å². The SMILES string of the molecule is COCCN(CCC(N)c1ccccc1F)C(C)C. The third kappa shape index (κ3) is 5.27. The van der Waals surface area contributed by atoms with Gasteiger partial charge in [0.1, 0.15) is 5.82 Å². The molecule has 0 aliphatic heterocycles. The summed E-state index contributed by atoms with van der Waals surface area (Å²) in [6, 6.07) is 6.90. The van der Waals surface area contributed by atoms with E-state index in [4.69, 9.17) is 10.5 Å². The predicted octanol–water partition coefficient (Wildman–Crippen LogP) is 2.57. The predicted molar refractivity (Wildman–Crippen MR) is 76.5 cm³/mol. The Labute approximate surface area is 115 Å². The van der Waals surface area contributed by atoms with Crippen LogP contribution in [0.3, 0.4) is 0 Å². The average Bonchev–Trinajstić information content (AvgIpc) is 2.38. The fraction of sp³-hybridized carbons (Fsp3) is 0.600. The first kappa shape index (κ1) is 16.1. The molecule has 0 saturated carbocycles. The molecule has 0 bridgehead atoms. The normalized spacial score (nSPS) is 13.2. The van der Waals surface area contributed by atoms with Gasteiger partial charge in [-0.15, -0.1) is 0 Å². The second-order valence-corrected chi connectivity index (χ2v) is 5.04. The molecule has 0 aliphatic rings. The Hall–Kier alpha value is -0.970. The maximum atomic E-state index is 13.6. The van der Waals surface area contributed by atoms with E-state index >= 15 is 0 Å². The summed E-state index contributed by atoms with van der Waals surface area (Å²) in [5, 5.41) is 0. The van der Waals surface area contributed by atoms with Crippen molar-refractivity contribution in [2.75, 3.05) is 26.8 Å². The van der Waals surface area contributed by atoms with Crippen LogP contribution < -0.4 is 5.73 Å². The van der Waals surface area contributed by atoms with E-state index in [1.807, 2.05) is 6.07 Å². The number of ether oxygens (including phenoxy) is 1. The van der Waals surface area contributed by atoms with Crippen molar-refractivity contribution in [2.45, 2.75) is 32.4 Å². The summed E-state index contributed by atoms with van der Waals surface area (Å²) in [6.07, 6.45) is 0.739. The zero-order valence-corrected chi connectivity index (χ0v) is 12.1. The lowest BCUT2D eigenvalue weighted by Gasteiger charge is -2.27. The maximum Gasteiger partial charge on any atom is 0.127 e. The van der Waals surface area contributed by atoms with E-state index in [2.05, 4.69) is 18.7 Å². The largest absolute Gasteiger partial charge is 0.383 e. The van der Waals surface area contributed by atoms with Gasteiger partial charge in [0, 0.05) is 37.8 Å². The van der Waals surface area contributed by atoms with Gasteiger partial charge in [0.2, 0.25) is 0 Å². The number of rotatable bonds is 8. The van der Waals surface area contributed by atoms with Gasteiger partial charge in [0.15, 0.2) is 0 Å². The molecule has 1 atom stereocenters. The fourth-order valence-corrected chi connectivity index (χ4v) is 2.07. The number of nitrogens with zero attached hydrogens (tertiary/aromatic N) is 1. The highest BCUT2D eigenvalue weighted by atomic mass is 19.1. The summed E-state index contributed by atoms with van der Waals surface area (Å²) in [6.45, 7) is 6.70. The summed E-state index contributed by atoms with van der Waals surface area (Å²) in [7, 11) is 1.70. The van der Waals surface area contributed by atoms with Crippen molar-refractivity contribution in [1.29, 1.82) is 0 Å². The van der Waals surface area contributed by atoms with Gasteiger partial charge in [-0.3, -0.25) is 4.90 Å². The topological polar surface area (TPSA) is 38.5 Å². The van der Waals surface area contributed by atoms with Gasteiger partial charge in [-0.05, 0) is 26.3 Å². The standard InChI is InChI=1S/C15H25FN2O/c1-12(2)18(10-11-19-3)9-8-15(17)13-6-4-5-7-14(13)16/h4-7,12,15H,8-11,17H2,1-3H3. The van der Waals surface area contributed by atoms with Crippen LogP contribution in [0.1, 0.15) is 31.9 Å². The van der Waals surface area contributed by atoms with E-state index in [1.54, 1.807) is 19.2 Å². The monoisotopic (exact) mass is 268 g/mol.